The van der Waals surface area contributed by atoms with Gasteiger partial charge in [0.2, 0.25) is 0 Å². The molecular formula is C18H19N3O3. The van der Waals surface area contributed by atoms with E-state index < -0.39 is 5.97 Å². The highest BCUT2D eigenvalue weighted by Gasteiger charge is 2.25. The number of ketones is 1. The number of hydrogen-bond acceptors (Lipinski definition) is 4. The highest BCUT2D eigenvalue weighted by molar-refractivity contribution is 6.08. The van der Waals surface area contributed by atoms with E-state index in [1.165, 1.54) is 0 Å². The molecule has 0 radical (unpaired) electrons. The van der Waals surface area contributed by atoms with Gasteiger partial charge in [-0.05, 0) is 32.9 Å². The van der Waals surface area contributed by atoms with Gasteiger partial charge in [-0.2, -0.15) is 0 Å². The molecule has 0 spiro atoms. The quantitative estimate of drug-likeness (QED) is 0.578. The highest BCUT2D eigenvalue weighted by atomic mass is 16.5. The van der Waals surface area contributed by atoms with Crippen LogP contribution in [0.25, 0.3) is 11.0 Å². The minimum Gasteiger partial charge on any atom is -0.462 e. The molecule has 1 aromatic carbocycles. The smallest absolute Gasteiger partial charge is 0.340 e. The number of fused-ring (bicyclic) bond motifs is 1. The van der Waals surface area contributed by atoms with E-state index in [2.05, 4.69) is 9.97 Å². The first-order chi connectivity index (χ1) is 11.5. The van der Waals surface area contributed by atoms with Crippen LogP contribution in [0.4, 0.5) is 0 Å². The van der Waals surface area contributed by atoms with E-state index in [1.807, 2.05) is 24.3 Å². The summed E-state index contributed by atoms with van der Waals surface area (Å²) in [6.45, 7) is 5.68. The van der Waals surface area contributed by atoms with Crippen molar-refractivity contribution in [3.05, 3.63) is 53.1 Å². The summed E-state index contributed by atoms with van der Waals surface area (Å²) < 4.78 is 6.87. The number of nitrogens with zero attached hydrogens (tertiary/aromatic N) is 2. The fourth-order valence-corrected chi connectivity index (χ4v) is 2.96. The summed E-state index contributed by atoms with van der Waals surface area (Å²) in [6, 6.07) is 7.61. The summed E-state index contributed by atoms with van der Waals surface area (Å²) in [4.78, 5) is 32.4. The van der Waals surface area contributed by atoms with Gasteiger partial charge in [-0.1, -0.05) is 12.1 Å². The van der Waals surface area contributed by atoms with Crippen LogP contribution in [0.1, 0.15) is 39.0 Å². The van der Waals surface area contributed by atoms with Crippen molar-refractivity contribution < 1.29 is 14.3 Å². The van der Waals surface area contributed by atoms with Crippen molar-refractivity contribution in [2.75, 3.05) is 6.61 Å². The molecule has 0 saturated carbocycles. The largest absolute Gasteiger partial charge is 0.462 e. The van der Waals surface area contributed by atoms with Crippen molar-refractivity contribution in [1.29, 1.82) is 0 Å². The van der Waals surface area contributed by atoms with Gasteiger partial charge in [-0.3, -0.25) is 4.79 Å². The van der Waals surface area contributed by atoms with Crippen molar-refractivity contribution in [1.82, 2.24) is 14.5 Å². The molecule has 2 heterocycles. The average Bonchev–Trinajstić information content (AvgIpc) is 3.08. The maximum atomic E-state index is 12.8. The number of carbonyl (C=O) groups is 2. The zero-order valence-electron chi connectivity index (χ0n) is 13.9. The number of H-pyrrole nitrogens is 1. The van der Waals surface area contributed by atoms with E-state index in [0.29, 0.717) is 22.5 Å². The van der Waals surface area contributed by atoms with Crippen molar-refractivity contribution in [3.8, 4) is 0 Å². The predicted octanol–water partition coefficient (Wildman–Crippen LogP) is 3.04. The number of para-hydroxylation sites is 2. The second-order valence-electron chi connectivity index (χ2n) is 5.63. The van der Waals surface area contributed by atoms with Gasteiger partial charge in [0.15, 0.2) is 5.78 Å². The molecule has 0 amide bonds. The lowest BCUT2D eigenvalue weighted by atomic mass is 10.0. The maximum absolute atomic E-state index is 12.8. The van der Waals surface area contributed by atoms with E-state index in [1.54, 1.807) is 31.7 Å². The van der Waals surface area contributed by atoms with Gasteiger partial charge in [0.25, 0.3) is 0 Å². The standard InChI is InChI=1S/C18H19N3O3/c1-4-24-18(23)17-12(3)20-11(2)16(17)15(22)9-21-10-19-13-7-5-6-8-14(13)21/h5-8,10,20H,4,9H2,1-3H3. The Kier molecular flexibility index (Phi) is 4.20. The van der Waals surface area contributed by atoms with Gasteiger partial charge in [0.05, 0.1) is 41.6 Å². The second-order valence-corrected chi connectivity index (χ2v) is 5.63. The Hall–Kier alpha value is -2.89. The molecule has 0 aliphatic rings. The van der Waals surface area contributed by atoms with Crippen molar-refractivity contribution >= 4 is 22.8 Å². The molecule has 124 valence electrons. The molecule has 0 atom stereocenters. The molecule has 3 rings (SSSR count). The number of aromatic nitrogens is 3. The number of carbonyl (C=O) groups excluding carboxylic acids is 2. The number of ether oxygens (including phenoxy) is 1. The second kappa shape index (κ2) is 6.31. The number of nitrogens with one attached hydrogen (secondary N) is 1. The number of aromatic amines is 1. The van der Waals surface area contributed by atoms with Crippen LogP contribution in [0.15, 0.2) is 30.6 Å². The van der Waals surface area contributed by atoms with E-state index in [0.717, 1.165) is 11.0 Å². The van der Waals surface area contributed by atoms with Crippen LogP contribution in [-0.2, 0) is 11.3 Å². The molecule has 0 bridgehead atoms. The van der Waals surface area contributed by atoms with E-state index in [9.17, 15) is 9.59 Å². The van der Waals surface area contributed by atoms with E-state index in [4.69, 9.17) is 4.74 Å². The summed E-state index contributed by atoms with van der Waals surface area (Å²) in [5.41, 5.74) is 3.74. The molecule has 0 saturated heterocycles. The lowest BCUT2D eigenvalue weighted by Crippen LogP contribution is -2.15. The summed E-state index contributed by atoms with van der Waals surface area (Å²) >= 11 is 0. The normalized spacial score (nSPS) is 11.0. The fraction of sp³-hybridized carbons (Fsp3) is 0.278. The topological polar surface area (TPSA) is 77.0 Å². The van der Waals surface area contributed by atoms with Crippen LogP contribution in [0.3, 0.4) is 0 Å². The van der Waals surface area contributed by atoms with Gasteiger partial charge >= 0.3 is 5.97 Å². The Morgan fingerprint density at radius 2 is 1.88 bits per heavy atom. The number of aryl methyl sites for hydroxylation is 2. The number of hydrogen-bond donors (Lipinski definition) is 1. The Bertz CT molecular complexity index is 921. The average molecular weight is 325 g/mol. The summed E-state index contributed by atoms with van der Waals surface area (Å²) in [6.07, 6.45) is 1.64. The van der Waals surface area contributed by atoms with Crippen molar-refractivity contribution in [2.24, 2.45) is 0 Å². The Labute approximate surface area is 139 Å². The van der Waals surface area contributed by atoms with Gasteiger partial charge in [-0.25, -0.2) is 9.78 Å². The third-order valence-electron chi connectivity index (χ3n) is 3.97. The summed E-state index contributed by atoms with van der Waals surface area (Å²) in [5, 5.41) is 0. The number of Topliss-reactive ketones (excluding diaryl/α,β-unsaturated/α-hetero) is 1. The molecule has 0 aliphatic carbocycles. The van der Waals surface area contributed by atoms with Crippen LogP contribution in [0.5, 0.6) is 0 Å². The van der Waals surface area contributed by atoms with Crippen LogP contribution in [-0.4, -0.2) is 32.9 Å². The van der Waals surface area contributed by atoms with Crippen molar-refractivity contribution in [3.63, 3.8) is 0 Å². The molecule has 6 heteroatoms. The van der Waals surface area contributed by atoms with Gasteiger partial charge < -0.3 is 14.3 Å². The Morgan fingerprint density at radius 1 is 1.17 bits per heavy atom. The monoisotopic (exact) mass is 325 g/mol. The predicted molar refractivity (Wildman–Crippen MR) is 90.3 cm³/mol. The van der Waals surface area contributed by atoms with Crippen LogP contribution >= 0.6 is 0 Å². The first-order valence-corrected chi connectivity index (χ1v) is 7.82. The maximum Gasteiger partial charge on any atom is 0.340 e. The molecular weight excluding hydrogens is 306 g/mol. The summed E-state index contributed by atoms with van der Waals surface area (Å²) in [7, 11) is 0. The molecule has 6 nitrogen and oxygen atoms in total. The highest BCUT2D eigenvalue weighted by Crippen LogP contribution is 2.22. The fourth-order valence-electron chi connectivity index (χ4n) is 2.96. The molecule has 1 N–H and O–H groups in total. The number of rotatable bonds is 5. The lowest BCUT2D eigenvalue weighted by Gasteiger charge is -2.07. The first-order valence-electron chi connectivity index (χ1n) is 7.82. The zero-order chi connectivity index (χ0) is 17.3. The molecule has 0 unspecified atom stereocenters. The first kappa shape index (κ1) is 16.0. The van der Waals surface area contributed by atoms with Crippen LogP contribution in [0, 0.1) is 13.8 Å². The van der Waals surface area contributed by atoms with E-state index in [-0.39, 0.29) is 18.9 Å². The lowest BCUT2D eigenvalue weighted by molar-refractivity contribution is 0.0522. The minimum absolute atomic E-state index is 0.116. The van der Waals surface area contributed by atoms with Crippen molar-refractivity contribution in [2.45, 2.75) is 27.3 Å². The van der Waals surface area contributed by atoms with Gasteiger partial charge in [0.1, 0.15) is 0 Å². The summed E-state index contributed by atoms with van der Waals surface area (Å²) in [5.74, 6) is -0.624. The number of benzene rings is 1. The van der Waals surface area contributed by atoms with Crippen LogP contribution in [0.2, 0.25) is 0 Å². The molecule has 2 aromatic heterocycles. The number of esters is 1. The molecule has 24 heavy (non-hydrogen) atoms. The molecule has 3 aromatic rings. The van der Waals surface area contributed by atoms with Crippen LogP contribution < -0.4 is 0 Å². The molecule has 0 aliphatic heterocycles. The van der Waals surface area contributed by atoms with E-state index >= 15 is 0 Å². The Balaban J connectivity index is 1.97. The third kappa shape index (κ3) is 2.71. The van der Waals surface area contributed by atoms with Gasteiger partial charge in [0, 0.05) is 11.4 Å². The zero-order valence-corrected chi connectivity index (χ0v) is 13.9. The minimum atomic E-state index is -0.474. The third-order valence-corrected chi connectivity index (χ3v) is 3.97. The van der Waals surface area contributed by atoms with Gasteiger partial charge in [-0.15, -0.1) is 0 Å². The SMILES string of the molecule is CCOC(=O)c1c(C)[nH]c(C)c1C(=O)Cn1cnc2ccccc21. The Morgan fingerprint density at radius 3 is 2.62 bits per heavy atom. The number of imidazole rings is 1. The molecule has 0 fully saturated rings.